The number of nitrogens with two attached hydrogens (primary N) is 1. The molecule has 1 aromatic rings. The van der Waals surface area contributed by atoms with E-state index >= 15 is 0 Å². The first-order valence-electron chi connectivity index (χ1n) is 3.23. The van der Waals surface area contributed by atoms with Crippen molar-refractivity contribution in [3.63, 3.8) is 0 Å². The van der Waals surface area contributed by atoms with Gasteiger partial charge in [-0.3, -0.25) is 0 Å². The summed E-state index contributed by atoms with van der Waals surface area (Å²) in [5, 5.41) is 8.42. The fraction of sp³-hybridized carbons (Fsp3) is 0.125. The largest absolute Gasteiger partial charge is 0.383 e. The summed E-state index contributed by atoms with van der Waals surface area (Å²) in [5.74, 6) is 5.70. The fourth-order valence-corrected chi connectivity index (χ4v) is 0.680. The minimum atomic E-state index is 0.0640. The van der Waals surface area contributed by atoms with Crippen LogP contribution in [0.25, 0.3) is 0 Å². The van der Waals surface area contributed by atoms with Gasteiger partial charge in [0.1, 0.15) is 11.9 Å². The Morgan fingerprint density at radius 2 is 2.33 bits per heavy atom. The molecule has 0 spiro atoms. The molecule has 12 heavy (non-hydrogen) atoms. The van der Waals surface area contributed by atoms with E-state index in [9.17, 15) is 0 Å². The van der Waals surface area contributed by atoms with Crippen LogP contribution >= 0.6 is 0 Å². The highest BCUT2D eigenvalue weighted by molar-refractivity contribution is 5.49. The Morgan fingerprint density at radius 1 is 1.58 bits per heavy atom. The van der Waals surface area contributed by atoms with Crippen LogP contribution in [0, 0.1) is 23.2 Å². The summed E-state index contributed by atoms with van der Waals surface area (Å²) in [6.45, 7) is 1.69. The quantitative estimate of drug-likeness (QED) is 0.551. The van der Waals surface area contributed by atoms with Crippen LogP contribution in [0.2, 0.25) is 0 Å². The normalized spacial score (nSPS) is 8.00. The molecule has 1 rings (SSSR count). The molecule has 0 amide bonds. The lowest BCUT2D eigenvalue weighted by atomic mass is 10.3. The van der Waals surface area contributed by atoms with E-state index in [0.29, 0.717) is 5.56 Å². The van der Waals surface area contributed by atoms with E-state index < -0.39 is 0 Å². The first kappa shape index (κ1) is 8.03. The first-order valence-corrected chi connectivity index (χ1v) is 3.23. The zero-order chi connectivity index (χ0) is 8.97. The maximum absolute atomic E-state index is 8.42. The molecule has 0 aliphatic heterocycles. The minimum Gasteiger partial charge on any atom is -0.383 e. The smallest absolute Gasteiger partial charge is 0.234 e. The van der Waals surface area contributed by atoms with Gasteiger partial charge < -0.3 is 5.73 Å². The van der Waals surface area contributed by atoms with Crippen LogP contribution in [0.5, 0.6) is 0 Å². The molecule has 2 N–H and O–H groups in total. The molecule has 4 nitrogen and oxygen atoms in total. The van der Waals surface area contributed by atoms with Crippen LogP contribution in [-0.4, -0.2) is 9.97 Å². The molecule has 4 heteroatoms. The summed E-state index contributed by atoms with van der Waals surface area (Å²) < 4.78 is 0. The molecule has 0 aromatic carbocycles. The van der Waals surface area contributed by atoms with Crippen LogP contribution in [0.15, 0.2) is 6.20 Å². The monoisotopic (exact) mass is 158 g/mol. The maximum atomic E-state index is 8.42. The Balaban J connectivity index is 3.20. The lowest BCUT2D eigenvalue weighted by molar-refractivity contribution is 1.11. The van der Waals surface area contributed by atoms with Crippen LogP contribution in [0.4, 0.5) is 5.82 Å². The molecule has 1 aromatic heterocycles. The Hall–Kier alpha value is -2.07. The summed E-state index contributed by atoms with van der Waals surface area (Å²) in [6, 6.07) is 1.79. The Kier molecular flexibility index (Phi) is 2.25. The number of hydrogen-bond acceptors (Lipinski definition) is 4. The van der Waals surface area contributed by atoms with Gasteiger partial charge >= 0.3 is 0 Å². The van der Waals surface area contributed by atoms with Crippen molar-refractivity contribution >= 4 is 5.82 Å². The van der Waals surface area contributed by atoms with Gasteiger partial charge in [-0.2, -0.15) is 5.26 Å². The van der Waals surface area contributed by atoms with Gasteiger partial charge in [0.05, 0.1) is 5.56 Å². The van der Waals surface area contributed by atoms with Gasteiger partial charge in [-0.05, 0) is 6.92 Å². The molecule has 58 valence electrons. The van der Waals surface area contributed by atoms with Crippen molar-refractivity contribution in [3.05, 3.63) is 17.6 Å². The van der Waals surface area contributed by atoms with Crippen molar-refractivity contribution in [2.45, 2.75) is 6.92 Å². The third-order valence-electron chi connectivity index (χ3n) is 1.18. The highest BCUT2D eigenvalue weighted by Gasteiger charge is 1.99. The number of anilines is 1. The lowest BCUT2D eigenvalue weighted by Gasteiger charge is -1.94. The SMILES string of the molecule is CC#Cc1cnc(C#N)nc1N. The van der Waals surface area contributed by atoms with E-state index in [-0.39, 0.29) is 11.6 Å². The molecule has 0 saturated heterocycles. The van der Waals surface area contributed by atoms with Crippen molar-refractivity contribution in [2.75, 3.05) is 5.73 Å². The number of nitrogen functional groups attached to an aromatic ring is 1. The Morgan fingerprint density at radius 3 is 2.83 bits per heavy atom. The van der Waals surface area contributed by atoms with Crippen molar-refractivity contribution in [2.24, 2.45) is 0 Å². The van der Waals surface area contributed by atoms with Crippen molar-refractivity contribution in [1.29, 1.82) is 5.26 Å². The summed E-state index contributed by atoms with van der Waals surface area (Å²) in [6.07, 6.45) is 1.44. The van der Waals surface area contributed by atoms with Gasteiger partial charge in [0.25, 0.3) is 0 Å². The molecule has 0 aliphatic carbocycles. The Bertz CT molecular complexity index is 392. The van der Waals surface area contributed by atoms with Crippen molar-refractivity contribution < 1.29 is 0 Å². The van der Waals surface area contributed by atoms with Crippen LogP contribution in [0.1, 0.15) is 18.3 Å². The summed E-state index contributed by atoms with van der Waals surface area (Å²) in [7, 11) is 0. The summed E-state index contributed by atoms with van der Waals surface area (Å²) in [4.78, 5) is 7.44. The van der Waals surface area contributed by atoms with Gasteiger partial charge in [0.2, 0.25) is 5.82 Å². The van der Waals surface area contributed by atoms with Crippen LogP contribution in [-0.2, 0) is 0 Å². The van der Waals surface area contributed by atoms with Gasteiger partial charge in [0.15, 0.2) is 0 Å². The van der Waals surface area contributed by atoms with E-state index in [4.69, 9.17) is 11.0 Å². The third kappa shape index (κ3) is 1.50. The van der Waals surface area contributed by atoms with Crippen molar-refractivity contribution in [3.8, 4) is 17.9 Å². The number of aromatic nitrogens is 2. The molecule has 1 heterocycles. The predicted octanol–water partition coefficient (Wildman–Crippen LogP) is 0.302. The number of nitriles is 1. The number of nitrogens with zero attached hydrogens (tertiary/aromatic N) is 3. The summed E-state index contributed by atoms with van der Waals surface area (Å²) in [5.41, 5.74) is 6.03. The molecule has 0 atom stereocenters. The van der Waals surface area contributed by atoms with Gasteiger partial charge in [-0.15, -0.1) is 5.92 Å². The summed E-state index contributed by atoms with van der Waals surface area (Å²) >= 11 is 0. The lowest BCUT2D eigenvalue weighted by Crippen LogP contribution is -1.98. The molecule has 0 fully saturated rings. The zero-order valence-electron chi connectivity index (χ0n) is 6.50. The van der Waals surface area contributed by atoms with Gasteiger partial charge in [0, 0.05) is 6.20 Å². The molecule has 0 bridgehead atoms. The maximum Gasteiger partial charge on any atom is 0.234 e. The number of rotatable bonds is 0. The molecular formula is C8H6N4. The molecule has 0 aliphatic rings. The fourth-order valence-electron chi connectivity index (χ4n) is 0.680. The minimum absolute atomic E-state index is 0.0640. The van der Waals surface area contributed by atoms with Crippen molar-refractivity contribution in [1.82, 2.24) is 9.97 Å². The second kappa shape index (κ2) is 3.36. The standard InChI is InChI=1S/C8H6N4/c1-2-3-6-5-11-7(4-9)12-8(6)10/h5H,1H3,(H2,10,11,12). The molecule has 0 saturated carbocycles. The molecule has 0 radical (unpaired) electrons. The van der Waals surface area contributed by atoms with E-state index in [1.165, 1.54) is 6.20 Å². The Labute approximate surface area is 70.1 Å². The third-order valence-corrected chi connectivity index (χ3v) is 1.18. The van der Waals surface area contributed by atoms with E-state index in [2.05, 4.69) is 21.8 Å². The van der Waals surface area contributed by atoms with Crippen LogP contribution in [0.3, 0.4) is 0 Å². The zero-order valence-corrected chi connectivity index (χ0v) is 6.50. The first-order chi connectivity index (χ1) is 5.77. The second-order valence-electron chi connectivity index (χ2n) is 1.98. The van der Waals surface area contributed by atoms with Crippen LogP contribution < -0.4 is 5.73 Å². The molecule has 0 unspecified atom stereocenters. The van der Waals surface area contributed by atoms with E-state index in [1.54, 1.807) is 13.0 Å². The molecular weight excluding hydrogens is 152 g/mol. The highest BCUT2D eigenvalue weighted by Crippen LogP contribution is 2.04. The highest BCUT2D eigenvalue weighted by atomic mass is 14.9. The van der Waals surface area contributed by atoms with Gasteiger partial charge in [-0.1, -0.05) is 5.92 Å². The number of hydrogen-bond donors (Lipinski definition) is 1. The van der Waals surface area contributed by atoms with E-state index in [0.717, 1.165) is 0 Å². The predicted molar refractivity (Wildman–Crippen MR) is 43.7 cm³/mol. The average molecular weight is 158 g/mol. The van der Waals surface area contributed by atoms with E-state index in [1.807, 2.05) is 0 Å². The average Bonchev–Trinajstić information content (AvgIpc) is 2.09. The van der Waals surface area contributed by atoms with Gasteiger partial charge in [-0.25, -0.2) is 9.97 Å². The second-order valence-corrected chi connectivity index (χ2v) is 1.98. The topological polar surface area (TPSA) is 75.6 Å².